The van der Waals surface area contributed by atoms with Crippen molar-refractivity contribution in [1.29, 1.82) is 0 Å². The molecule has 13 heavy (non-hydrogen) atoms. The summed E-state index contributed by atoms with van der Waals surface area (Å²) in [7, 11) is 0. The third-order valence-electron chi connectivity index (χ3n) is 1.48. The minimum Gasteiger partial charge on any atom is -0.294 e. The lowest BCUT2D eigenvalue weighted by Crippen LogP contribution is -1.99. The second-order valence-electron chi connectivity index (χ2n) is 2.40. The van der Waals surface area contributed by atoms with Crippen LogP contribution in [0, 0.1) is 11.6 Å². The minimum atomic E-state index is -1.07. The van der Waals surface area contributed by atoms with Crippen molar-refractivity contribution in [3.63, 3.8) is 0 Å². The monoisotopic (exact) mass is 224 g/mol. The van der Waals surface area contributed by atoms with Crippen molar-refractivity contribution in [3.8, 4) is 0 Å². The van der Waals surface area contributed by atoms with Gasteiger partial charge in [0.25, 0.3) is 0 Å². The van der Waals surface area contributed by atoms with E-state index in [1.807, 2.05) is 0 Å². The molecule has 0 aliphatic heterocycles. The molecule has 0 aliphatic carbocycles. The first kappa shape index (κ1) is 10.4. The Kier molecular flexibility index (Phi) is 2.88. The molecule has 1 aromatic carbocycles. The molecular formula is C8H4Cl2F2O. The Bertz CT molecular complexity index is 377. The summed E-state index contributed by atoms with van der Waals surface area (Å²) in [6.07, 6.45) is 0. The van der Waals surface area contributed by atoms with E-state index >= 15 is 0 Å². The largest absolute Gasteiger partial charge is 0.294 e. The number of rotatable bonds is 1. The van der Waals surface area contributed by atoms with Gasteiger partial charge in [-0.05, 0) is 13.0 Å². The normalized spacial score (nSPS) is 10.2. The number of benzene rings is 1. The Morgan fingerprint density at radius 2 is 1.85 bits per heavy atom. The van der Waals surface area contributed by atoms with Crippen LogP contribution >= 0.6 is 23.2 Å². The molecule has 0 saturated carbocycles. The number of hydrogen-bond donors (Lipinski definition) is 0. The van der Waals surface area contributed by atoms with E-state index in [0.29, 0.717) is 0 Å². The van der Waals surface area contributed by atoms with E-state index in [-0.39, 0.29) is 10.6 Å². The Hall–Kier alpha value is -0.670. The van der Waals surface area contributed by atoms with Crippen molar-refractivity contribution in [1.82, 2.24) is 0 Å². The molecule has 0 amide bonds. The molecule has 1 aromatic rings. The van der Waals surface area contributed by atoms with Crippen LogP contribution in [0.4, 0.5) is 8.78 Å². The zero-order valence-electron chi connectivity index (χ0n) is 6.50. The lowest BCUT2D eigenvalue weighted by atomic mass is 10.1. The summed E-state index contributed by atoms with van der Waals surface area (Å²) < 4.78 is 25.9. The fraction of sp³-hybridized carbons (Fsp3) is 0.125. The van der Waals surface area contributed by atoms with Gasteiger partial charge in [0, 0.05) is 0 Å². The van der Waals surface area contributed by atoms with Crippen LogP contribution in [0.5, 0.6) is 0 Å². The molecule has 0 atom stereocenters. The van der Waals surface area contributed by atoms with Gasteiger partial charge in [0.15, 0.2) is 17.4 Å². The summed E-state index contributed by atoms with van der Waals surface area (Å²) in [5.74, 6) is -2.68. The molecule has 5 heteroatoms. The highest BCUT2D eigenvalue weighted by atomic mass is 35.5. The van der Waals surface area contributed by atoms with Crippen molar-refractivity contribution in [2.24, 2.45) is 0 Å². The number of halogens is 4. The van der Waals surface area contributed by atoms with Crippen LogP contribution in [0.25, 0.3) is 0 Å². The summed E-state index contributed by atoms with van der Waals surface area (Å²) in [6, 6.07) is 0.917. The Labute approximate surface area is 83.3 Å². The molecule has 0 radical (unpaired) electrons. The molecule has 1 rings (SSSR count). The highest BCUT2D eigenvalue weighted by Crippen LogP contribution is 2.28. The first-order chi connectivity index (χ1) is 5.95. The second-order valence-corrected chi connectivity index (χ2v) is 3.19. The Morgan fingerprint density at radius 3 is 2.31 bits per heavy atom. The topological polar surface area (TPSA) is 17.1 Å². The molecule has 0 saturated heterocycles. The first-order valence-corrected chi connectivity index (χ1v) is 4.04. The van der Waals surface area contributed by atoms with Gasteiger partial charge >= 0.3 is 0 Å². The van der Waals surface area contributed by atoms with Crippen LogP contribution in [0.2, 0.25) is 10.0 Å². The lowest BCUT2D eigenvalue weighted by molar-refractivity contribution is 0.101. The fourth-order valence-electron chi connectivity index (χ4n) is 0.829. The number of carbonyl (C=O) groups is 1. The maximum Gasteiger partial charge on any atom is 0.163 e. The van der Waals surface area contributed by atoms with E-state index in [4.69, 9.17) is 23.2 Å². The van der Waals surface area contributed by atoms with E-state index < -0.39 is 22.4 Å². The second kappa shape index (κ2) is 3.60. The van der Waals surface area contributed by atoms with Crippen molar-refractivity contribution < 1.29 is 13.6 Å². The standard InChI is InChI=1S/C8H4Cl2F2O/c1-3(13)4-2-5(9)8(12)6(10)7(4)11/h2H,1H3. The average Bonchev–Trinajstić information content (AvgIpc) is 2.07. The van der Waals surface area contributed by atoms with E-state index in [0.717, 1.165) is 13.0 Å². The van der Waals surface area contributed by atoms with Crippen LogP contribution in [-0.4, -0.2) is 5.78 Å². The van der Waals surface area contributed by atoms with Crippen LogP contribution in [0.15, 0.2) is 6.07 Å². The number of Topliss-reactive ketones (excluding diaryl/α,β-unsaturated/α-hetero) is 1. The Morgan fingerprint density at radius 1 is 1.31 bits per heavy atom. The van der Waals surface area contributed by atoms with Gasteiger partial charge in [0.1, 0.15) is 5.02 Å². The minimum absolute atomic E-state index is 0.309. The average molecular weight is 225 g/mol. The highest BCUT2D eigenvalue weighted by Gasteiger charge is 2.18. The van der Waals surface area contributed by atoms with E-state index in [1.54, 1.807) is 0 Å². The maximum absolute atomic E-state index is 13.0. The number of ketones is 1. The van der Waals surface area contributed by atoms with Crippen molar-refractivity contribution in [2.45, 2.75) is 6.92 Å². The summed E-state index contributed by atoms with van der Waals surface area (Å²) in [5, 5.41) is -1.12. The molecule has 0 heterocycles. The Balaban J connectivity index is 3.50. The first-order valence-electron chi connectivity index (χ1n) is 3.29. The zero-order valence-corrected chi connectivity index (χ0v) is 8.01. The van der Waals surface area contributed by atoms with Crippen LogP contribution < -0.4 is 0 Å². The molecule has 0 bridgehead atoms. The molecule has 1 nitrogen and oxygen atoms in total. The molecular weight excluding hydrogens is 221 g/mol. The fourth-order valence-corrected chi connectivity index (χ4v) is 1.28. The van der Waals surface area contributed by atoms with Crippen molar-refractivity contribution >= 4 is 29.0 Å². The predicted molar refractivity (Wildman–Crippen MR) is 46.4 cm³/mol. The van der Waals surface area contributed by atoms with Gasteiger partial charge in [-0.1, -0.05) is 23.2 Å². The van der Waals surface area contributed by atoms with Gasteiger partial charge in [0.05, 0.1) is 10.6 Å². The summed E-state index contributed by atoms with van der Waals surface area (Å²) in [5.41, 5.74) is -0.309. The lowest BCUT2D eigenvalue weighted by Gasteiger charge is -2.03. The molecule has 0 spiro atoms. The van der Waals surface area contributed by atoms with Crippen LogP contribution in [0.1, 0.15) is 17.3 Å². The van der Waals surface area contributed by atoms with Gasteiger partial charge in [0.2, 0.25) is 0 Å². The van der Waals surface area contributed by atoms with Crippen molar-refractivity contribution in [3.05, 3.63) is 33.3 Å². The summed E-state index contributed by atoms with van der Waals surface area (Å²) in [4.78, 5) is 10.8. The van der Waals surface area contributed by atoms with Gasteiger partial charge < -0.3 is 0 Å². The van der Waals surface area contributed by atoms with Gasteiger partial charge in [-0.3, -0.25) is 4.79 Å². The van der Waals surface area contributed by atoms with Gasteiger partial charge in [-0.25, -0.2) is 8.78 Å². The van der Waals surface area contributed by atoms with E-state index in [1.165, 1.54) is 0 Å². The molecule has 0 unspecified atom stereocenters. The molecule has 0 aliphatic rings. The quantitative estimate of drug-likeness (QED) is 0.406. The smallest absolute Gasteiger partial charge is 0.163 e. The number of carbonyl (C=O) groups excluding carboxylic acids is 1. The van der Waals surface area contributed by atoms with E-state index in [2.05, 4.69) is 0 Å². The third-order valence-corrected chi connectivity index (χ3v) is 2.09. The van der Waals surface area contributed by atoms with Crippen LogP contribution in [0.3, 0.4) is 0 Å². The summed E-state index contributed by atoms with van der Waals surface area (Å²) >= 11 is 10.6. The SMILES string of the molecule is CC(=O)c1cc(Cl)c(F)c(Cl)c1F. The maximum atomic E-state index is 13.0. The summed E-state index contributed by atoms with van der Waals surface area (Å²) in [6.45, 7) is 1.14. The molecule has 0 N–H and O–H groups in total. The molecule has 0 aromatic heterocycles. The van der Waals surface area contributed by atoms with Crippen molar-refractivity contribution in [2.75, 3.05) is 0 Å². The third kappa shape index (κ3) is 1.81. The van der Waals surface area contributed by atoms with Crippen LogP contribution in [-0.2, 0) is 0 Å². The number of hydrogen-bond acceptors (Lipinski definition) is 1. The van der Waals surface area contributed by atoms with E-state index in [9.17, 15) is 13.6 Å². The molecule has 0 fully saturated rings. The zero-order chi connectivity index (χ0) is 10.2. The van der Waals surface area contributed by atoms with Gasteiger partial charge in [-0.2, -0.15) is 0 Å². The molecule has 70 valence electrons. The predicted octanol–water partition coefficient (Wildman–Crippen LogP) is 3.47. The van der Waals surface area contributed by atoms with Gasteiger partial charge in [-0.15, -0.1) is 0 Å². The highest BCUT2D eigenvalue weighted by molar-refractivity contribution is 6.35.